The Balaban J connectivity index is 2.15. The normalized spacial score (nSPS) is 13.7. The van der Waals surface area contributed by atoms with Crippen LogP contribution in [0.25, 0.3) is 0 Å². The lowest BCUT2D eigenvalue weighted by atomic mass is 10.0. The van der Waals surface area contributed by atoms with Crippen LogP contribution in [0.2, 0.25) is 0 Å². The van der Waals surface area contributed by atoms with E-state index in [1.807, 2.05) is 12.1 Å². The zero-order valence-electron chi connectivity index (χ0n) is 12.1. The fraction of sp³-hybridized carbons (Fsp3) is 0.250. The van der Waals surface area contributed by atoms with E-state index in [1.165, 1.54) is 0 Å². The molecular weight excluding hydrogens is 287 g/mol. The van der Waals surface area contributed by atoms with Gasteiger partial charge >= 0.3 is 7.82 Å². The summed E-state index contributed by atoms with van der Waals surface area (Å²) < 4.78 is 22.4. The third kappa shape index (κ3) is 4.92. The van der Waals surface area contributed by atoms with Crippen LogP contribution in [-0.4, -0.2) is 4.89 Å². The second kappa shape index (κ2) is 6.79. The summed E-state index contributed by atoms with van der Waals surface area (Å²) in [4.78, 5) is 9.89. The SMILES string of the molecule is CC(C)Cc1ccccc1OP(=O)(O)Oc1ccccc1. The zero-order valence-corrected chi connectivity index (χ0v) is 13.0. The van der Waals surface area contributed by atoms with Crippen LogP contribution in [0.3, 0.4) is 0 Å². The fourth-order valence-electron chi connectivity index (χ4n) is 1.96. The first kappa shape index (κ1) is 15.6. The van der Waals surface area contributed by atoms with Gasteiger partial charge in [-0.2, -0.15) is 0 Å². The van der Waals surface area contributed by atoms with E-state index in [1.54, 1.807) is 42.5 Å². The van der Waals surface area contributed by atoms with Crippen molar-refractivity contribution in [3.8, 4) is 11.5 Å². The molecule has 0 aromatic heterocycles. The fourth-order valence-corrected chi connectivity index (χ4v) is 2.81. The quantitative estimate of drug-likeness (QED) is 0.801. The average molecular weight is 306 g/mol. The van der Waals surface area contributed by atoms with Crippen molar-refractivity contribution >= 4 is 7.82 Å². The van der Waals surface area contributed by atoms with Gasteiger partial charge in [0.2, 0.25) is 0 Å². The lowest BCUT2D eigenvalue weighted by Gasteiger charge is -2.16. The molecule has 5 heteroatoms. The first-order valence-corrected chi connectivity index (χ1v) is 8.31. The Bertz CT molecular complexity index is 625. The van der Waals surface area contributed by atoms with Crippen molar-refractivity contribution < 1.29 is 18.5 Å². The number of hydrogen-bond donors (Lipinski definition) is 1. The molecule has 1 unspecified atom stereocenters. The number of phosphoric ester groups is 1. The first-order valence-electron chi connectivity index (χ1n) is 6.81. The van der Waals surface area contributed by atoms with Gasteiger partial charge in [-0.1, -0.05) is 50.2 Å². The first-order chi connectivity index (χ1) is 9.96. The predicted octanol–water partition coefficient (Wildman–Crippen LogP) is 4.44. The minimum Gasteiger partial charge on any atom is -0.395 e. The third-order valence-corrected chi connectivity index (χ3v) is 3.65. The number of benzene rings is 2. The molecule has 0 spiro atoms. The summed E-state index contributed by atoms with van der Waals surface area (Å²) in [5, 5.41) is 0. The molecular formula is C16H19O4P. The maximum absolute atomic E-state index is 12.1. The highest BCUT2D eigenvalue weighted by molar-refractivity contribution is 7.48. The van der Waals surface area contributed by atoms with Crippen molar-refractivity contribution in [1.82, 2.24) is 0 Å². The molecule has 0 amide bonds. The van der Waals surface area contributed by atoms with Crippen LogP contribution >= 0.6 is 7.82 Å². The molecule has 0 aliphatic heterocycles. The molecule has 0 saturated carbocycles. The predicted molar refractivity (Wildman–Crippen MR) is 82.5 cm³/mol. The highest BCUT2D eigenvalue weighted by Gasteiger charge is 2.26. The van der Waals surface area contributed by atoms with Crippen LogP contribution in [0.5, 0.6) is 11.5 Å². The van der Waals surface area contributed by atoms with E-state index >= 15 is 0 Å². The summed E-state index contributed by atoms with van der Waals surface area (Å²) in [6.45, 7) is 4.16. The topological polar surface area (TPSA) is 55.8 Å². The van der Waals surface area contributed by atoms with Crippen LogP contribution in [0, 0.1) is 5.92 Å². The van der Waals surface area contributed by atoms with Gasteiger partial charge < -0.3 is 9.05 Å². The van der Waals surface area contributed by atoms with Gasteiger partial charge in [-0.25, -0.2) is 4.57 Å². The van der Waals surface area contributed by atoms with Crippen LogP contribution in [0.15, 0.2) is 54.6 Å². The number of phosphoric acid groups is 1. The van der Waals surface area contributed by atoms with Gasteiger partial charge in [0.1, 0.15) is 11.5 Å². The van der Waals surface area contributed by atoms with Crippen LogP contribution < -0.4 is 9.05 Å². The Hall–Kier alpha value is -1.77. The Labute approximate surface area is 125 Å². The molecule has 2 aromatic rings. The van der Waals surface area contributed by atoms with Gasteiger partial charge in [0.15, 0.2) is 0 Å². The van der Waals surface area contributed by atoms with Crippen molar-refractivity contribution in [2.45, 2.75) is 20.3 Å². The molecule has 0 bridgehead atoms. The lowest BCUT2D eigenvalue weighted by Crippen LogP contribution is -2.03. The van der Waals surface area contributed by atoms with E-state index in [0.717, 1.165) is 12.0 Å². The third-order valence-electron chi connectivity index (χ3n) is 2.78. The van der Waals surface area contributed by atoms with Gasteiger partial charge in [-0.05, 0) is 36.1 Å². The van der Waals surface area contributed by atoms with Crippen LogP contribution in [0.4, 0.5) is 0 Å². The Morgan fingerprint density at radius 3 is 2.29 bits per heavy atom. The molecule has 1 atom stereocenters. The van der Waals surface area contributed by atoms with Gasteiger partial charge in [0.05, 0.1) is 0 Å². The molecule has 21 heavy (non-hydrogen) atoms. The summed E-state index contributed by atoms with van der Waals surface area (Å²) in [7, 11) is -4.21. The molecule has 2 aromatic carbocycles. The van der Waals surface area contributed by atoms with E-state index in [0.29, 0.717) is 17.4 Å². The summed E-state index contributed by atoms with van der Waals surface area (Å²) in [6, 6.07) is 15.7. The van der Waals surface area contributed by atoms with Crippen LogP contribution in [-0.2, 0) is 11.0 Å². The molecule has 0 radical (unpaired) electrons. The largest absolute Gasteiger partial charge is 0.584 e. The zero-order chi connectivity index (χ0) is 15.3. The van der Waals surface area contributed by atoms with E-state index in [2.05, 4.69) is 13.8 Å². The molecule has 0 saturated heterocycles. The maximum Gasteiger partial charge on any atom is 0.584 e. The van der Waals surface area contributed by atoms with E-state index in [-0.39, 0.29) is 0 Å². The highest BCUT2D eigenvalue weighted by atomic mass is 31.2. The minimum atomic E-state index is -4.21. The standard InChI is InChI=1S/C16H19O4P/c1-13(2)12-14-8-6-7-11-16(14)20-21(17,18)19-15-9-4-3-5-10-15/h3-11,13H,12H2,1-2H3,(H,17,18). The summed E-state index contributed by atoms with van der Waals surface area (Å²) in [5.41, 5.74) is 0.887. The smallest absolute Gasteiger partial charge is 0.395 e. The molecule has 0 heterocycles. The van der Waals surface area contributed by atoms with E-state index in [9.17, 15) is 9.46 Å². The number of para-hydroxylation sites is 2. The molecule has 0 aliphatic carbocycles. The molecule has 0 aliphatic rings. The van der Waals surface area contributed by atoms with Crippen molar-refractivity contribution in [3.63, 3.8) is 0 Å². The molecule has 2 rings (SSSR count). The second-order valence-corrected chi connectivity index (χ2v) is 6.47. The van der Waals surface area contributed by atoms with Gasteiger partial charge in [0, 0.05) is 0 Å². The Morgan fingerprint density at radius 2 is 1.62 bits per heavy atom. The number of hydrogen-bond acceptors (Lipinski definition) is 3. The van der Waals surface area contributed by atoms with Gasteiger partial charge in [-0.3, -0.25) is 4.89 Å². The summed E-state index contributed by atoms with van der Waals surface area (Å²) in [6.07, 6.45) is 0.765. The monoisotopic (exact) mass is 306 g/mol. The van der Waals surface area contributed by atoms with Gasteiger partial charge in [0.25, 0.3) is 0 Å². The van der Waals surface area contributed by atoms with E-state index < -0.39 is 7.82 Å². The highest BCUT2D eigenvalue weighted by Crippen LogP contribution is 2.45. The van der Waals surface area contributed by atoms with Crippen molar-refractivity contribution in [3.05, 3.63) is 60.2 Å². The van der Waals surface area contributed by atoms with Crippen molar-refractivity contribution in [1.29, 1.82) is 0 Å². The lowest BCUT2D eigenvalue weighted by molar-refractivity contribution is 0.289. The molecule has 0 fully saturated rings. The van der Waals surface area contributed by atoms with Gasteiger partial charge in [-0.15, -0.1) is 0 Å². The Kier molecular flexibility index (Phi) is 5.05. The second-order valence-electron chi connectivity index (χ2n) is 5.17. The number of rotatable bonds is 6. The van der Waals surface area contributed by atoms with Crippen LogP contribution in [0.1, 0.15) is 19.4 Å². The molecule has 112 valence electrons. The van der Waals surface area contributed by atoms with Crippen molar-refractivity contribution in [2.24, 2.45) is 5.92 Å². The molecule has 4 nitrogen and oxygen atoms in total. The maximum atomic E-state index is 12.1. The summed E-state index contributed by atoms with van der Waals surface area (Å²) in [5.74, 6) is 1.10. The summed E-state index contributed by atoms with van der Waals surface area (Å²) >= 11 is 0. The van der Waals surface area contributed by atoms with E-state index in [4.69, 9.17) is 9.05 Å². The van der Waals surface area contributed by atoms with Crippen molar-refractivity contribution in [2.75, 3.05) is 0 Å². The average Bonchev–Trinajstić information content (AvgIpc) is 2.41. The minimum absolute atomic E-state index is 0.296. The Morgan fingerprint density at radius 1 is 1.00 bits per heavy atom. The molecule has 1 N–H and O–H groups in total.